The third-order valence-corrected chi connectivity index (χ3v) is 5.66. The molecule has 0 aliphatic heterocycles. The first-order valence-corrected chi connectivity index (χ1v) is 10.7. The molecule has 5 rings (SSSR count). The Morgan fingerprint density at radius 2 is 1.97 bits per heavy atom. The molecule has 5 aromatic rings. The molecule has 0 radical (unpaired) electrons. The third-order valence-electron chi connectivity index (χ3n) is 5.27. The number of fused-ring (bicyclic) bond motifs is 2. The van der Waals surface area contributed by atoms with Gasteiger partial charge in [0, 0.05) is 22.7 Å². The van der Waals surface area contributed by atoms with E-state index in [0.29, 0.717) is 50.2 Å². The van der Waals surface area contributed by atoms with Crippen molar-refractivity contribution in [2.24, 2.45) is 0 Å². The van der Waals surface area contributed by atoms with Gasteiger partial charge >= 0.3 is 0 Å². The van der Waals surface area contributed by atoms with Gasteiger partial charge in [-0.05, 0) is 45.0 Å². The number of halogens is 1. The SMILES string of the molecule is CC(C)(C)n1nc(-c2[nH]c3cc(C(=O)Nc4ccccn4)ccc3c2Cl)c2c(N)ncnc21. The van der Waals surface area contributed by atoms with Crippen molar-refractivity contribution in [3.8, 4) is 11.4 Å². The van der Waals surface area contributed by atoms with Gasteiger partial charge < -0.3 is 16.0 Å². The molecule has 0 unspecified atom stereocenters. The number of hydrogen-bond donors (Lipinski definition) is 3. The second kappa shape index (κ2) is 7.56. The Morgan fingerprint density at radius 3 is 2.70 bits per heavy atom. The molecule has 0 saturated heterocycles. The molecule has 0 bridgehead atoms. The van der Waals surface area contributed by atoms with Crippen LogP contribution in [0, 0.1) is 0 Å². The molecule has 0 fully saturated rings. The van der Waals surface area contributed by atoms with Gasteiger partial charge in [0.15, 0.2) is 5.65 Å². The van der Waals surface area contributed by atoms with E-state index >= 15 is 0 Å². The van der Waals surface area contributed by atoms with Gasteiger partial charge in [0.25, 0.3) is 5.91 Å². The number of nitrogen functional groups attached to an aromatic ring is 1. The van der Waals surface area contributed by atoms with Gasteiger partial charge in [-0.2, -0.15) is 5.10 Å². The monoisotopic (exact) mass is 460 g/mol. The van der Waals surface area contributed by atoms with E-state index < -0.39 is 0 Å². The molecule has 4 N–H and O–H groups in total. The van der Waals surface area contributed by atoms with Crippen molar-refractivity contribution in [1.82, 2.24) is 29.7 Å². The van der Waals surface area contributed by atoms with E-state index in [9.17, 15) is 4.79 Å². The summed E-state index contributed by atoms with van der Waals surface area (Å²) in [6.45, 7) is 6.09. The normalized spacial score (nSPS) is 11.9. The number of hydrogen-bond acceptors (Lipinski definition) is 6. The summed E-state index contributed by atoms with van der Waals surface area (Å²) in [5.74, 6) is 0.515. The number of aromatic amines is 1. The number of anilines is 2. The Bertz CT molecular complexity index is 1510. The van der Waals surface area contributed by atoms with Gasteiger partial charge in [-0.3, -0.25) is 4.79 Å². The molecule has 166 valence electrons. The van der Waals surface area contributed by atoms with E-state index in [1.54, 1.807) is 42.6 Å². The average Bonchev–Trinajstić information content (AvgIpc) is 3.33. The highest BCUT2D eigenvalue weighted by molar-refractivity contribution is 6.38. The molecule has 0 atom stereocenters. The van der Waals surface area contributed by atoms with Gasteiger partial charge in [-0.25, -0.2) is 19.6 Å². The maximum absolute atomic E-state index is 12.7. The largest absolute Gasteiger partial charge is 0.383 e. The van der Waals surface area contributed by atoms with Gasteiger partial charge in [0.2, 0.25) is 0 Å². The molecule has 0 saturated carbocycles. The zero-order valence-corrected chi connectivity index (χ0v) is 19.0. The second-order valence-electron chi connectivity index (χ2n) is 8.63. The number of aromatic nitrogens is 6. The molecule has 1 amide bonds. The number of nitrogens with zero attached hydrogens (tertiary/aromatic N) is 5. The smallest absolute Gasteiger partial charge is 0.256 e. The van der Waals surface area contributed by atoms with Crippen molar-refractivity contribution < 1.29 is 4.79 Å². The summed E-state index contributed by atoms with van der Waals surface area (Å²) in [7, 11) is 0. The fraction of sp³-hybridized carbons (Fsp3) is 0.174. The topological polar surface area (TPSA) is 127 Å². The van der Waals surface area contributed by atoms with Crippen LogP contribution in [0.2, 0.25) is 5.02 Å². The van der Waals surface area contributed by atoms with Crippen LogP contribution in [0.5, 0.6) is 0 Å². The Balaban J connectivity index is 1.63. The van der Waals surface area contributed by atoms with Gasteiger partial charge in [0.05, 0.1) is 21.6 Å². The molecule has 0 aliphatic rings. The summed E-state index contributed by atoms with van der Waals surface area (Å²) >= 11 is 6.76. The zero-order chi connectivity index (χ0) is 23.3. The molecule has 10 heteroatoms. The minimum absolute atomic E-state index is 0.275. The number of amides is 1. The van der Waals surface area contributed by atoms with E-state index in [0.717, 1.165) is 5.39 Å². The quantitative estimate of drug-likeness (QED) is 0.360. The zero-order valence-electron chi connectivity index (χ0n) is 18.2. The van der Waals surface area contributed by atoms with Crippen LogP contribution in [0.1, 0.15) is 31.1 Å². The van der Waals surface area contributed by atoms with E-state index in [1.807, 2.05) is 25.5 Å². The lowest BCUT2D eigenvalue weighted by Gasteiger charge is -2.19. The highest BCUT2D eigenvalue weighted by Gasteiger charge is 2.26. The lowest BCUT2D eigenvalue weighted by Crippen LogP contribution is -2.23. The minimum atomic E-state index is -0.341. The summed E-state index contributed by atoms with van der Waals surface area (Å²) < 4.78 is 1.81. The predicted molar refractivity (Wildman–Crippen MR) is 129 cm³/mol. The summed E-state index contributed by atoms with van der Waals surface area (Å²) in [5, 5.41) is 9.43. The van der Waals surface area contributed by atoms with Crippen LogP contribution in [-0.2, 0) is 5.54 Å². The fourth-order valence-corrected chi connectivity index (χ4v) is 4.01. The lowest BCUT2D eigenvalue weighted by atomic mass is 10.1. The van der Waals surface area contributed by atoms with Crippen LogP contribution in [0.15, 0.2) is 48.9 Å². The van der Waals surface area contributed by atoms with Gasteiger partial charge in [0.1, 0.15) is 23.7 Å². The van der Waals surface area contributed by atoms with Gasteiger partial charge in [-0.1, -0.05) is 23.7 Å². The molecule has 4 heterocycles. The Hall–Kier alpha value is -3.98. The number of H-pyrrole nitrogens is 1. The molecule has 4 aromatic heterocycles. The number of rotatable bonds is 3. The minimum Gasteiger partial charge on any atom is -0.383 e. The first kappa shape index (κ1) is 20.9. The van der Waals surface area contributed by atoms with Crippen LogP contribution in [-0.4, -0.2) is 35.6 Å². The molecular formula is C23H21ClN8O. The summed E-state index contributed by atoms with van der Waals surface area (Å²) in [6, 6.07) is 10.6. The molecular weight excluding hydrogens is 440 g/mol. The molecule has 9 nitrogen and oxygen atoms in total. The summed E-state index contributed by atoms with van der Waals surface area (Å²) in [4.78, 5) is 28.7. The standard InChI is InChI=1S/C23H21ClN8O/c1-23(2,3)32-21-16(20(25)27-11-28-21)18(31-32)19-17(24)13-8-7-12(10-14(13)29-19)22(33)30-15-6-4-5-9-26-15/h4-11,29H,1-3H3,(H2,25,27,28)(H,26,30,33). The van der Waals surface area contributed by atoms with Crippen LogP contribution in [0.4, 0.5) is 11.6 Å². The van der Waals surface area contributed by atoms with E-state index in [-0.39, 0.29) is 11.4 Å². The third kappa shape index (κ3) is 3.56. The highest BCUT2D eigenvalue weighted by Crippen LogP contribution is 2.39. The van der Waals surface area contributed by atoms with E-state index in [1.165, 1.54) is 6.33 Å². The lowest BCUT2D eigenvalue weighted by molar-refractivity contribution is 0.102. The summed E-state index contributed by atoms with van der Waals surface area (Å²) in [5.41, 5.74) is 8.79. The first-order chi connectivity index (χ1) is 15.7. The van der Waals surface area contributed by atoms with Crippen molar-refractivity contribution in [1.29, 1.82) is 0 Å². The van der Waals surface area contributed by atoms with Gasteiger partial charge in [-0.15, -0.1) is 0 Å². The Kier molecular flexibility index (Phi) is 4.79. The second-order valence-corrected chi connectivity index (χ2v) is 9.01. The van der Waals surface area contributed by atoms with Crippen molar-refractivity contribution in [2.75, 3.05) is 11.1 Å². The van der Waals surface area contributed by atoms with E-state index in [4.69, 9.17) is 22.4 Å². The summed E-state index contributed by atoms with van der Waals surface area (Å²) in [6.07, 6.45) is 3.04. The van der Waals surface area contributed by atoms with E-state index in [2.05, 4.69) is 25.3 Å². The predicted octanol–water partition coefficient (Wildman–Crippen LogP) is 4.61. The number of carbonyl (C=O) groups excluding carboxylic acids is 1. The molecule has 0 aliphatic carbocycles. The number of nitrogens with two attached hydrogens (primary N) is 1. The van der Waals surface area contributed by atoms with Crippen LogP contribution < -0.4 is 11.1 Å². The van der Waals surface area contributed by atoms with Crippen LogP contribution in [0.25, 0.3) is 33.3 Å². The first-order valence-electron chi connectivity index (χ1n) is 10.3. The molecule has 1 aromatic carbocycles. The fourth-order valence-electron chi connectivity index (χ4n) is 3.71. The Morgan fingerprint density at radius 1 is 1.15 bits per heavy atom. The maximum Gasteiger partial charge on any atom is 0.256 e. The molecule has 0 spiro atoms. The number of carbonyl (C=O) groups is 1. The highest BCUT2D eigenvalue weighted by atomic mass is 35.5. The number of nitrogens with one attached hydrogen (secondary N) is 2. The number of pyridine rings is 1. The Labute approximate surface area is 194 Å². The average molecular weight is 461 g/mol. The molecule has 33 heavy (non-hydrogen) atoms. The van der Waals surface area contributed by atoms with Crippen LogP contribution >= 0.6 is 11.6 Å². The van der Waals surface area contributed by atoms with Crippen molar-refractivity contribution >= 4 is 51.1 Å². The maximum atomic E-state index is 12.7. The van der Waals surface area contributed by atoms with Crippen molar-refractivity contribution in [3.63, 3.8) is 0 Å². The van der Waals surface area contributed by atoms with Crippen molar-refractivity contribution in [2.45, 2.75) is 26.3 Å². The van der Waals surface area contributed by atoms with Crippen LogP contribution in [0.3, 0.4) is 0 Å². The number of benzene rings is 1. The van der Waals surface area contributed by atoms with Crippen molar-refractivity contribution in [3.05, 3.63) is 59.5 Å².